The van der Waals surface area contributed by atoms with Gasteiger partial charge in [0.15, 0.2) is 0 Å². The third-order valence-electron chi connectivity index (χ3n) is 8.81. The molecule has 4 heteroatoms. The number of amides is 2. The van der Waals surface area contributed by atoms with Gasteiger partial charge >= 0.3 is 0 Å². The number of carbonyl (C=O) groups excluding carboxylic acids is 2. The summed E-state index contributed by atoms with van der Waals surface area (Å²) >= 11 is 0. The van der Waals surface area contributed by atoms with Crippen LogP contribution < -0.4 is 0 Å². The zero-order chi connectivity index (χ0) is 16.9. The molecule has 0 N–H and O–H groups in total. The van der Waals surface area contributed by atoms with Gasteiger partial charge in [-0.25, -0.2) is 0 Å². The molecule has 4 nitrogen and oxygen atoms in total. The second-order valence-corrected chi connectivity index (χ2v) is 10.1. The summed E-state index contributed by atoms with van der Waals surface area (Å²) in [6, 6.07) is 0.144. The van der Waals surface area contributed by atoms with Crippen LogP contribution >= 0.6 is 0 Å². The molecule has 6 bridgehead atoms. The fraction of sp³-hybridized carbons (Fsp3) is 0.905. The summed E-state index contributed by atoms with van der Waals surface area (Å²) in [5.74, 6) is 2.48. The number of ether oxygens (including phenoxy) is 1. The van der Waals surface area contributed by atoms with Gasteiger partial charge in [-0.15, -0.1) is 0 Å². The predicted molar refractivity (Wildman–Crippen MR) is 91.4 cm³/mol. The van der Waals surface area contributed by atoms with Crippen LogP contribution in [0, 0.1) is 35.0 Å². The summed E-state index contributed by atoms with van der Waals surface area (Å²) < 4.78 is 5.92. The molecule has 0 unspecified atom stereocenters. The second-order valence-electron chi connectivity index (χ2n) is 10.1. The van der Waals surface area contributed by atoms with Gasteiger partial charge in [0, 0.05) is 6.04 Å². The Morgan fingerprint density at radius 2 is 1.44 bits per heavy atom. The summed E-state index contributed by atoms with van der Waals surface area (Å²) in [5, 5.41) is 0. The molecule has 4 saturated carbocycles. The first-order valence-electron chi connectivity index (χ1n) is 10.6. The van der Waals surface area contributed by atoms with Gasteiger partial charge in [0.2, 0.25) is 11.8 Å². The highest BCUT2D eigenvalue weighted by atomic mass is 16.5. The van der Waals surface area contributed by atoms with Gasteiger partial charge in [-0.05, 0) is 81.0 Å². The van der Waals surface area contributed by atoms with Gasteiger partial charge in [-0.3, -0.25) is 14.5 Å². The molecule has 0 spiro atoms. The maximum atomic E-state index is 13.3. The molecule has 0 aromatic heterocycles. The molecule has 0 aromatic rings. The molecule has 0 aromatic carbocycles. The van der Waals surface area contributed by atoms with E-state index >= 15 is 0 Å². The highest BCUT2D eigenvalue weighted by Crippen LogP contribution is 2.63. The van der Waals surface area contributed by atoms with Crippen LogP contribution in [0.1, 0.15) is 64.7 Å². The van der Waals surface area contributed by atoms with Crippen molar-refractivity contribution in [3.8, 4) is 0 Å². The minimum atomic E-state index is -0.158. The minimum Gasteiger partial charge on any atom is -0.373 e. The molecule has 25 heavy (non-hydrogen) atoms. The lowest BCUT2D eigenvalue weighted by Gasteiger charge is -2.60. The Morgan fingerprint density at radius 3 is 1.88 bits per heavy atom. The lowest BCUT2D eigenvalue weighted by molar-refractivity contribution is -0.157. The highest BCUT2D eigenvalue weighted by molar-refractivity contribution is 6.06. The third-order valence-corrected chi connectivity index (χ3v) is 8.81. The summed E-state index contributed by atoms with van der Waals surface area (Å²) in [6.45, 7) is 2.20. The Hall–Kier alpha value is -0.900. The van der Waals surface area contributed by atoms with Crippen molar-refractivity contribution >= 4 is 11.8 Å². The Bertz CT molecular complexity index is 580. The van der Waals surface area contributed by atoms with Crippen LogP contribution in [0.2, 0.25) is 0 Å². The van der Waals surface area contributed by atoms with Crippen molar-refractivity contribution < 1.29 is 14.3 Å². The van der Waals surface area contributed by atoms with Crippen LogP contribution in [0.3, 0.4) is 0 Å². The van der Waals surface area contributed by atoms with Gasteiger partial charge in [-0.2, -0.15) is 0 Å². The van der Waals surface area contributed by atoms with E-state index in [0.717, 1.165) is 37.0 Å². The minimum absolute atomic E-state index is 0.0188. The van der Waals surface area contributed by atoms with E-state index in [9.17, 15) is 9.59 Å². The molecule has 7 aliphatic rings. The number of nitrogens with zero attached hydrogens (tertiary/aromatic N) is 1. The number of likely N-dealkylation sites (tertiary alicyclic amines) is 1. The SMILES string of the molecule is CC[C@@H](N1C(=O)[C@@H]2[C@@H](C1=O)[C@@H]1CC[C@@H]2O1)C12CC3CC(CC(C3)C1)C2. The highest BCUT2D eigenvalue weighted by Gasteiger charge is 2.65. The Kier molecular flexibility index (Phi) is 2.96. The van der Waals surface area contributed by atoms with E-state index in [2.05, 4.69) is 6.92 Å². The van der Waals surface area contributed by atoms with Gasteiger partial charge in [-0.1, -0.05) is 6.92 Å². The van der Waals surface area contributed by atoms with Crippen LogP contribution in [0.5, 0.6) is 0 Å². The van der Waals surface area contributed by atoms with Crippen molar-refractivity contribution in [2.24, 2.45) is 35.0 Å². The summed E-state index contributed by atoms with van der Waals surface area (Å²) in [4.78, 5) is 28.4. The summed E-state index contributed by atoms with van der Waals surface area (Å²) in [6.07, 6.45) is 10.9. The molecule has 5 atom stereocenters. The van der Waals surface area contributed by atoms with Crippen molar-refractivity contribution in [1.82, 2.24) is 4.90 Å². The van der Waals surface area contributed by atoms with E-state index < -0.39 is 0 Å². The van der Waals surface area contributed by atoms with Crippen LogP contribution in [0.4, 0.5) is 0 Å². The normalized spacial score (nSPS) is 53.8. The van der Waals surface area contributed by atoms with Gasteiger partial charge in [0.1, 0.15) is 0 Å². The summed E-state index contributed by atoms with van der Waals surface area (Å²) in [5.41, 5.74) is 0.230. The first kappa shape index (κ1) is 15.2. The molecule has 0 radical (unpaired) electrons. The zero-order valence-electron chi connectivity index (χ0n) is 15.2. The van der Waals surface area contributed by atoms with Gasteiger partial charge in [0.25, 0.3) is 0 Å². The molecule has 3 aliphatic heterocycles. The predicted octanol–water partition coefficient (Wildman–Crippen LogP) is 3.14. The van der Waals surface area contributed by atoms with E-state index in [-0.39, 0.29) is 47.3 Å². The second kappa shape index (κ2) is 4.88. The van der Waals surface area contributed by atoms with E-state index in [1.54, 1.807) is 4.90 Å². The average Bonchev–Trinajstić information content (AvgIpc) is 3.23. The fourth-order valence-electron chi connectivity index (χ4n) is 8.52. The van der Waals surface area contributed by atoms with Crippen molar-refractivity contribution in [1.29, 1.82) is 0 Å². The third kappa shape index (κ3) is 1.82. The van der Waals surface area contributed by atoms with Crippen LogP contribution in [0.15, 0.2) is 0 Å². The molecule has 7 fully saturated rings. The number of hydrogen-bond acceptors (Lipinski definition) is 3. The van der Waals surface area contributed by atoms with E-state index in [1.807, 2.05) is 0 Å². The van der Waals surface area contributed by atoms with Crippen molar-refractivity contribution in [3.63, 3.8) is 0 Å². The number of hydrogen-bond donors (Lipinski definition) is 0. The zero-order valence-corrected chi connectivity index (χ0v) is 15.2. The largest absolute Gasteiger partial charge is 0.373 e. The number of rotatable bonds is 3. The molecular formula is C21H29NO3. The van der Waals surface area contributed by atoms with Gasteiger partial charge < -0.3 is 4.74 Å². The maximum absolute atomic E-state index is 13.3. The molecule has 4 aliphatic carbocycles. The first-order chi connectivity index (χ1) is 12.1. The first-order valence-corrected chi connectivity index (χ1v) is 10.6. The van der Waals surface area contributed by atoms with Gasteiger partial charge in [0.05, 0.1) is 24.0 Å². The number of carbonyl (C=O) groups is 2. The lowest BCUT2D eigenvalue weighted by Crippen LogP contribution is -2.58. The molecule has 3 saturated heterocycles. The standard InChI is InChI=1S/C21H29NO3/c1-2-16(21-8-11-5-12(9-21)7-13(6-11)10-21)22-19(23)17-14-3-4-15(25-14)18(17)20(22)24/h11-18H,2-10H2,1H3/t11?,12?,13?,14-,15-,16+,17-,18-,21?/m0/s1. The van der Waals surface area contributed by atoms with Crippen molar-refractivity contribution in [2.75, 3.05) is 0 Å². The Balaban J connectivity index is 1.36. The number of fused-ring (bicyclic) bond motifs is 5. The Labute approximate surface area is 149 Å². The average molecular weight is 343 g/mol. The lowest BCUT2D eigenvalue weighted by atomic mass is 9.47. The van der Waals surface area contributed by atoms with Crippen LogP contribution in [-0.2, 0) is 14.3 Å². The molecule has 3 heterocycles. The fourth-order valence-corrected chi connectivity index (χ4v) is 8.52. The van der Waals surface area contributed by atoms with Crippen LogP contribution in [-0.4, -0.2) is 35.0 Å². The maximum Gasteiger partial charge on any atom is 0.236 e. The molecule has 2 amide bonds. The van der Waals surface area contributed by atoms with E-state index in [1.165, 1.54) is 38.5 Å². The van der Waals surface area contributed by atoms with E-state index in [4.69, 9.17) is 4.74 Å². The van der Waals surface area contributed by atoms with Crippen molar-refractivity contribution in [2.45, 2.75) is 83.0 Å². The quantitative estimate of drug-likeness (QED) is 0.740. The smallest absolute Gasteiger partial charge is 0.236 e. The topological polar surface area (TPSA) is 46.6 Å². The monoisotopic (exact) mass is 343 g/mol. The summed E-state index contributed by atoms with van der Waals surface area (Å²) in [7, 11) is 0. The molecular weight excluding hydrogens is 314 g/mol. The van der Waals surface area contributed by atoms with E-state index in [0.29, 0.717) is 0 Å². The number of imide groups is 1. The molecule has 136 valence electrons. The molecule has 7 rings (SSSR count). The Morgan fingerprint density at radius 1 is 0.960 bits per heavy atom. The van der Waals surface area contributed by atoms with Crippen LogP contribution in [0.25, 0.3) is 0 Å². The van der Waals surface area contributed by atoms with Crippen molar-refractivity contribution in [3.05, 3.63) is 0 Å².